The molecule has 4 N–H and O–H groups in total. The molecule has 0 radical (unpaired) electrons. The number of aromatic amines is 2. The Kier molecular flexibility index (Phi) is 4.28. The number of nitrogens with zero attached hydrogens (tertiary/aromatic N) is 4. The number of rotatable bonds is 4. The van der Waals surface area contributed by atoms with Crippen LogP contribution in [-0.2, 0) is 0 Å². The van der Waals surface area contributed by atoms with Crippen LogP contribution in [0.5, 0.6) is 5.88 Å². The highest BCUT2D eigenvalue weighted by atomic mass is 35.5. The van der Waals surface area contributed by atoms with Gasteiger partial charge in [0.2, 0.25) is 5.88 Å². The van der Waals surface area contributed by atoms with Gasteiger partial charge in [0.1, 0.15) is 17.3 Å². The van der Waals surface area contributed by atoms with E-state index in [9.17, 15) is 14.3 Å². The third-order valence-corrected chi connectivity index (χ3v) is 4.98. The van der Waals surface area contributed by atoms with Crippen LogP contribution in [0.15, 0.2) is 40.2 Å². The summed E-state index contributed by atoms with van der Waals surface area (Å²) in [5.74, 6) is -0.435. The first kappa shape index (κ1) is 18.4. The lowest BCUT2D eigenvalue weighted by atomic mass is 10.3. The molecule has 1 aromatic carbocycles. The number of halogens is 2. The van der Waals surface area contributed by atoms with Crippen LogP contribution in [0.3, 0.4) is 0 Å². The van der Waals surface area contributed by atoms with Crippen LogP contribution in [0.2, 0.25) is 5.02 Å². The van der Waals surface area contributed by atoms with Crippen LogP contribution in [-0.4, -0.2) is 35.7 Å². The minimum atomic E-state index is -0.545. The Morgan fingerprint density at radius 3 is 2.93 bits per heavy atom. The number of fused-ring (bicyclic) bond motifs is 1. The summed E-state index contributed by atoms with van der Waals surface area (Å²) in [5.41, 5.74) is 1.04. The Labute approximate surface area is 172 Å². The fourth-order valence-corrected chi connectivity index (χ4v) is 3.17. The van der Waals surface area contributed by atoms with Crippen LogP contribution < -0.4 is 21.7 Å². The van der Waals surface area contributed by atoms with Gasteiger partial charge in [0.25, 0.3) is 0 Å². The summed E-state index contributed by atoms with van der Waals surface area (Å²) < 4.78 is 15.4. The number of benzene rings is 1. The Hall–Kier alpha value is -3.66. The molecule has 0 aliphatic heterocycles. The maximum atomic E-state index is 13.8. The summed E-state index contributed by atoms with van der Waals surface area (Å²) in [5, 5.41) is 17.7. The molecule has 30 heavy (non-hydrogen) atoms. The minimum absolute atomic E-state index is 0.0463. The average Bonchev–Trinajstić information content (AvgIpc) is 3.34. The van der Waals surface area contributed by atoms with E-state index in [1.807, 2.05) is 0 Å². The summed E-state index contributed by atoms with van der Waals surface area (Å²) in [6.45, 7) is 0. The second kappa shape index (κ2) is 6.99. The molecule has 3 aromatic heterocycles. The molecule has 5 rings (SSSR count). The standard InChI is InChI=1S/C19H15ClFN7O2/c20-16-11(21)2-1-3-12(16)24-14-7-15(23-10-4-5-10)28-17(26-14)9(8-22-28)6-13-18(29)27-19(30)25-13/h1-3,6-8,10,24,29H,4-5H2,(H2,25,27,30)/b9-6+,23-15?. The molecular formula is C19H15ClFN7O2. The van der Waals surface area contributed by atoms with Crippen molar-refractivity contribution in [2.75, 3.05) is 5.32 Å². The Balaban J connectivity index is 1.69. The maximum absolute atomic E-state index is 13.8. The first-order valence-electron chi connectivity index (χ1n) is 9.14. The Morgan fingerprint density at radius 1 is 1.37 bits per heavy atom. The van der Waals surface area contributed by atoms with Gasteiger partial charge in [-0.05, 0) is 31.1 Å². The van der Waals surface area contributed by atoms with Crippen molar-refractivity contribution in [1.29, 1.82) is 0 Å². The molecule has 0 spiro atoms. The largest absolute Gasteiger partial charge is 0.493 e. The Morgan fingerprint density at radius 2 is 2.20 bits per heavy atom. The number of nitrogens with one attached hydrogen (secondary N) is 3. The lowest BCUT2D eigenvalue weighted by molar-refractivity contribution is 0.454. The number of aromatic hydroxyl groups is 1. The molecule has 4 aromatic rings. The van der Waals surface area contributed by atoms with E-state index in [1.54, 1.807) is 35.0 Å². The van der Waals surface area contributed by atoms with Gasteiger partial charge in [-0.3, -0.25) is 9.98 Å². The number of hydrogen-bond acceptors (Lipinski definition) is 6. The van der Waals surface area contributed by atoms with E-state index < -0.39 is 11.5 Å². The van der Waals surface area contributed by atoms with E-state index in [4.69, 9.17) is 11.6 Å². The summed E-state index contributed by atoms with van der Waals surface area (Å²) >= 11 is 6.06. The highest BCUT2D eigenvalue weighted by molar-refractivity contribution is 6.33. The van der Waals surface area contributed by atoms with Gasteiger partial charge >= 0.3 is 5.69 Å². The minimum Gasteiger partial charge on any atom is -0.493 e. The third-order valence-electron chi connectivity index (χ3n) is 4.59. The molecule has 0 bridgehead atoms. The molecule has 3 heterocycles. The number of anilines is 2. The zero-order valence-electron chi connectivity index (χ0n) is 15.4. The van der Waals surface area contributed by atoms with Gasteiger partial charge in [-0.1, -0.05) is 17.7 Å². The van der Waals surface area contributed by atoms with E-state index in [0.29, 0.717) is 27.9 Å². The van der Waals surface area contributed by atoms with Gasteiger partial charge in [0.05, 0.1) is 22.9 Å². The molecule has 9 nitrogen and oxygen atoms in total. The fourth-order valence-electron chi connectivity index (χ4n) is 3.00. The van der Waals surface area contributed by atoms with Gasteiger partial charge in [0, 0.05) is 11.3 Å². The second-order valence-corrected chi connectivity index (χ2v) is 7.29. The van der Waals surface area contributed by atoms with Crippen LogP contribution in [0, 0.1) is 5.82 Å². The highest BCUT2D eigenvalue weighted by Crippen LogP contribution is 2.27. The van der Waals surface area contributed by atoms with Crippen molar-refractivity contribution in [2.24, 2.45) is 4.99 Å². The van der Waals surface area contributed by atoms with Gasteiger partial charge in [-0.25, -0.2) is 14.2 Å². The van der Waals surface area contributed by atoms with Crippen molar-refractivity contribution < 1.29 is 9.50 Å². The smallest absolute Gasteiger partial charge is 0.326 e. The fraction of sp³-hybridized carbons (Fsp3) is 0.158. The van der Waals surface area contributed by atoms with Crippen LogP contribution in [0.4, 0.5) is 15.9 Å². The molecule has 0 unspecified atom stereocenters. The zero-order valence-corrected chi connectivity index (χ0v) is 16.1. The zero-order chi connectivity index (χ0) is 20.8. The van der Waals surface area contributed by atoms with Gasteiger partial charge in [-0.15, -0.1) is 0 Å². The molecule has 0 amide bonds. The highest BCUT2D eigenvalue weighted by Gasteiger charge is 2.20. The van der Waals surface area contributed by atoms with Crippen molar-refractivity contribution in [1.82, 2.24) is 24.6 Å². The third kappa shape index (κ3) is 3.41. The molecule has 11 heteroatoms. The lowest BCUT2D eigenvalue weighted by Crippen LogP contribution is -2.20. The monoisotopic (exact) mass is 427 g/mol. The average molecular weight is 428 g/mol. The molecule has 1 aliphatic carbocycles. The first-order valence-corrected chi connectivity index (χ1v) is 9.52. The first-order chi connectivity index (χ1) is 14.5. The van der Waals surface area contributed by atoms with Gasteiger partial charge in [-0.2, -0.15) is 9.61 Å². The van der Waals surface area contributed by atoms with Crippen molar-refractivity contribution in [3.05, 3.63) is 68.2 Å². The molecule has 0 atom stereocenters. The van der Waals surface area contributed by atoms with E-state index in [2.05, 4.69) is 30.4 Å². The molecule has 0 saturated heterocycles. The number of H-pyrrole nitrogens is 2. The summed E-state index contributed by atoms with van der Waals surface area (Å²) in [6, 6.07) is 6.38. The van der Waals surface area contributed by atoms with Crippen molar-refractivity contribution in [3.8, 4) is 5.88 Å². The summed E-state index contributed by atoms with van der Waals surface area (Å²) in [6.07, 6.45) is 5.10. The quantitative estimate of drug-likeness (QED) is 0.394. The predicted octanol–water partition coefficient (Wildman–Crippen LogP) is 1.60. The van der Waals surface area contributed by atoms with E-state index in [-0.39, 0.29) is 22.6 Å². The van der Waals surface area contributed by atoms with Gasteiger partial charge < -0.3 is 15.4 Å². The molecule has 152 valence electrons. The van der Waals surface area contributed by atoms with Crippen molar-refractivity contribution in [3.63, 3.8) is 0 Å². The summed E-state index contributed by atoms with van der Waals surface area (Å²) in [7, 11) is 0. The lowest BCUT2D eigenvalue weighted by Gasteiger charge is -2.08. The molecular weight excluding hydrogens is 413 g/mol. The van der Waals surface area contributed by atoms with Crippen LogP contribution >= 0.6 is 11.6 Å². The van der Waals surface area contributed by atoms with Crippen molar-refractivity contribution >= 4 is 34.8 Å². The second-order valence-electron chi connectivity index (χ2n) is 6.91. The molecule has 1 saturated carbocycles. The number of aromatic nitrogens is 5. The van der Waals surface area contributed by atoms with E-state index in [0.717, 1.165) is 12.8 Å². The van der Waals surface area contributed by atoms with Crippen LogP contribution in [0.1, 0.15) is 18.5 Å². The van der Waals surface area contributed by atoms with Crippen molar-refractivity contribution in [2.45, 2.75) is 18.9 Å². The number of hydrogen-bond donors (Lipinski definition) is 4. The van der Waals surface area contributed by atoms with Gasteiger partial charge in [0.15, 0.2) is 11.1 Å². The SMILES string of the molecule is O=c1[nH]c(O)c(/C=c2\cnn3c(=NC4CC4)cc(Nc4cccc(F)c4Cl)nc23)[nH]1. The normalized spacial score (nSPS) is 15.3. The number of imidazole rings is 1. The van der Waals surface area contributed by atoms with Crippen LogP contribution in [0.25, 0.3) is 11.7 Å². The topological polar surface area (TPSA) is 123 Å². The maximum Gasteiger partial charge on any atom is 0.326 e. The Bertz CT molecular complexity index is 1450. The van der Waals surface area contributed by atoms with E-state index >= 15 is 0 Å². The molecule has 1 fully saturated rings. The molecule has 1 aliphatic rings. The predicted molar refractivity (Wildman–Crippen MR) is 108 cm³/mol. The summed E-state index contributed by atoms with van der Waals surface area (Å²) in [4.78, 5) is 25.4. The van der Waals surface area contributed by atoms with E-state index in [1.165, 1.54) is 6.07 Å².